The highest BCUT2D eigenvalue weighted by atomic mass is 16.5. The Morgan fingerprint density at radius 2 is 1.80 bits per heavy atom. The molecule has 1 saturated heterocycles. The molecule has 0 bridgehead atoms. The molecule has 1 fully saturated rings. The van der Waals surface area contributed by atoms with Crippen molar-refractivity contribution in [3.05, 3.63) is 93.8 Å². The molecule has 5 aromatic rings. The SMILES string of the molecule is Cc1ccccc1-n1c(Cn2nc(/C=C/C(=O)N3CCOCC3)c3c(N)ncnc32)cc2cccc(C)c2c1=O. The van der Waals surface area contributed by atoms with E-state index in [-0.39, 0.29) is 23.8 Å². The van der Waals surface area contributed by atoms with Crippen molar-refractivity contribution in [2.75, 3.05) is 32.0 Å². The number of amides is 1. The number of ether oxygens (including phenoxy) is 1. The number of nitrogens with zero attached hydrogens (tertiary/aromatic N) is 6. The second-order valence-corrected chi connectivity index (χ2v) is 9.87. The highest BCUT2D eigenvalue weighted by Gasteiger charge is 2.20. The van der Waals surface area contributed by atoms with Crippen LogP contribution in [0, 0.1) is 13.8 Å². The molecule has 0 atom stereocenters. The zero-order valence-electron chi connectivity index (χ0n) is 22.4. The first kappa shape index (κ1) is 25.4. The van der Waals surface area contributed by atoms with Crippen LogP contribution in [0.1, 0.15) is 22.5 Å². The first-order valence-electron chi connectivity index (χ1n) is 13.1. The molecule has 0 aliphatic carbocycles. The second kappa shape index (κ2) is 10.4. The minimum absolute atomic E-state index is 0.0956. The van der Waals surface area contributed by atoms with Gasteiger partial charge in [-0.2, -0.15) is 5.10 Å². The monoisotopic (exact) mass is 535 g/mol. The predicted octanol–water partition coefficient (Wildman–Crippen LogP) is 3.25. The summed E-state index contributed by atoms with van der Waals surface area (Å²) >= 11 is 0. The molecule has 0 radical (unpaired) electrons. The lowest BCUT2D eigenvalue weighted by Crippen LogP contribution is -2.39. The molecule has 40 heavy (non-hydrogen) atoms. The number of anilines is 1. The van der Waals surface area contributed by atoms with Crippen LogP contribution in [0.5, 0.6) is 0 Å². The summed E-state index contributed by atoms with van der Waals surface area (Å²) in [6.07, 6.45) is 4.53. The van der Waals surface area contributed by atoms with Crippen LogP contribution in [-0.4, -0.2) is 61.4 Å². The molecule has 1 amide bonds. The van der Waals surface area contributed by atoms with E-state index in [1.54, 1.807) is 20.2 Å². The summed E-state index contributed by atoms with van der Waals surface area (Å²) in [7, 11) is 0. The van der Waals surface area contributed by atoms with Gasteiger partial charge in [-0.25, -0.2) is 14.6 Å². The molecule has 2 aromatic carbocycles. The summed E-state index contributed by atoms with van der Waals surface area (Å²) in [6, 6.07) is 15.7. The number of carbonyl (C=O) groups excluding carboxylic acids is 1. The topological polar surface area (TPSA) is 121 Å². The molecule has 10 heteroatoms. The lowest BCUT2D eigenvalue weighted by molar-refractivity contribution is -0.129. The Hall–Kier alpha value is -4.83. The smallest absolute Gasteiger partial charge is 0.263 e. The molecule has 2 N–H and O–H groups in total. The van der Waals surface area contributed by atoms with Crippen molar-refractivity contribution in [1.29, 1.82) is 0 Å². The van der Waals surface area contributed by atoms with E-state index >= 15 is 0 Å². The van der Waals surface area contributed by atoms with E-state index in [1.807, 2.05) is 62.4 Å². The van der Waals surface area contributed by atoms with Gasteiger partial charge in [0, 0.05) is 24.9 Å². The third-order valence-electron chi connectivity index (χ3n) is 7.29. The summed E-state index contributed by atoms with van der Waals surface area (Å²) in [5.41, 5.74) is 10.6. The van der Waals surface area contributed by atoms with Crippen LogP contribution in [-0.2, 0) is 16.1 Å². The summed E-state index contributed by atoms with van der Waals surface area (Å²) in [6.45, 7) is 6.30. The van der Waals surface area contributed by atoms with E-state index in [0.29, 0.717) is 48.4 Å². The van der Waals surface area contributed by atoms with Gasteiger partial charge in [-0.1, -0.05) is 36.4 Å². The van der Waals surface area contributed by atoms with Crippen LogP contribution in [0.15, 0.2) is 65.7 Å². The molecule has 4 heterocycles. The Kier molecular flexibility index (Phi) is 6.61. The normalized spacial score (nSPS) is 14.0. The highest BCUT2D eigenvalue weighted by molar-refractivity contribution is 5.97. The number of carbonyl (C=O) groups is 1. The lowest BCUT2D eigenvalue weighted by atomic mass is 10.1. The maximum Gasteiger partial charge on any atom is 0.263 e. The average Bonchev–Trinajstić information content (AvgIpc) is 3.31. The maximum atomic E-state index is 14.0. The van der Waals surface area contributed by atoms with Crippen LogP contribution in [0.2, 0.25) is 0 Å². The molecule has 10 nitrogen and oxygen atoms in total. The number of rotatable bonds is 5. The molecule has 3 aromatic heterocycles. The number of nitrogens with two attached hydrogens (primary N) is 1. The first-order chi connectivity index (χ1) is 19.4. The van der Waals surface area contributed by atoms with Gasteiger partial charge in [-0.3, -0.25) is 14.2 Å². The van der Waals surface area contributed by atoms with E-state index in [1.165, 1.54) is 12.4 Å². The summed E-state index contributed by atoms with van der Waals surface area (Å²) in [5, 5.41) is 6.87. The van der Waals surface area contributed by atoms with Gasteiger partial charge in [-0.15, -0.1) is 0 Å². The van der Waals surface area contributed by atoms with E-state index in [4.69, 9.17) is 15.6 Å². The zero-order valence-corrected chi connectivity index (χ0v) is 22.4. The van der Waals surface area contributed by atoms with Crippen LogP contribution < -0.4 is 11.3 Å². The molecular weight excluding hydrogens is 506 g/mol. The van der Waals surface area contributed by atoms with Crippen molar-refractivity contribution >= 4 is 39.6 Å². The van der Waals surface area contributed by atoms with Gasteiger partial charge in [0.1, 0.15) is 12.1 Å². The van der Waals surface area contributed by atoms with Gasteiger partial charge < -0.3 is 15.4 Å². The van der Waals surface area contributed by atoms with Crippen LogP contribution >= 0.6 is 0 Å². The number of hydrogen-bond acceptors (Lipinski definition) is 7. The Bertz CT molecular complexity index is 1850. The minimum Gasteiger partial charge on any atom is -0.383 e. The third-order valence-corrected chi connectivity index (χ3v) is 7.29. The van der Waals surface area contributed by atoms with Gasteiger partial charge in [0.15, 0.2) is 5.65 Å². The largest absolute Gasteiger partial charge is 0.383 e. The van der Waals surface area contributed by atoms with E-state index in [9.17, 15) is 9.59 Å². The zero-order chi connectivity index (χ0) is 27.8. The number of hydrogen-bond donors (Lipinski definition) is 1. The van der Waals surface area contributed by atoms with Gasteiger partial charge in [0.2, 0.25) is 5.91 Å². The maximum absolute atomic E-state index is 14.0. The molecule has 0 saturated carbocycles. The number of aromatic nitrogens is 5. The van der Waals surface area contributed by atoms with Gasteiger partial charge in [-0.05, 0) is 48.6 Å². The number of morpholine rings is 1. The van der Waals surface area contributed by atoms with E-state index < -0.39 is 0 Å². The van der Waals surface area contributed by atoms with Crippen molar-refractivity contribution in [1.82, 2.24) is 29.2 Å². The number of aryl methyl sites for hydroxylation is 2. The van der Waals surface area contributed by atoms with Crippen LogP contribution in [0.25, 0.3) is 33.6 Å². The highest BCUT2D eigenvalue weighted by Crippen LogP contribution is 2.26. The summed E-state index contributed by atoms with van der Waals surface area (Å²) in [5.74, 6) is 0.139. The number of para-hydroxylation sites is 1. The lowest BCUT2D eigenvalue weighted by Gasteiger charge is -2.25. The molecular formula is C30H29N7O3. The number of fused-ring (bicyclic) bond motifs is 2. The quantitative estimate of drug-likeness (QED) is 0.343. The Labute approximate surface area is 230 Å². The minimum atomic E-state index is -0.125. The molecule has 202 valence electrons. The molecule has 0 unspecified atom stereocenters. The summed E-state index contributed by atoms with van der Waals surface area (Å²) in [4.78, 5) is 37.1. The Morgan fingerprint density at radius 3 is 2.60 bits per heavy atom. The number of nitrogen functional groups attached to an aromatic ring is 1. The first-order valence-corrected chi connectivity index (χ1v) is 13.1. The fourth-order valence-corrected chi connectivity index (χ4v) is 5.26. The molecule has 0 spiro atoms. The average molecular weight is 536 g/mol. The molecule has 1 aliphatic rings. The molecule has 6 rings (SSSR count). The number of benzene rings is 2. The standard InChI is InChI=1S/C30H29N7O3/c1-19-6-3-4-9-24(19)37-22(16-21-8-5-7-20(2)26(21)30(37)39)17-36-29-27(28(31)32-18-33-29)23(34-36)10-11-25(38)35-12-14-40-15-13-35/h3-11,16,18H,12-15,17H2,1-2H3,(H2,31,32,33)/b11-10+. The molecule has 1 aliphatic heterocycles. The predicted molar refractivity (Wildman–Crippen MR) is 154 cm³/mol. The number of pyridine rings is 1. The van der Waals surface area contributed by atoms with Gasteiger partial charge >= 0.3 is 0 Å². The van der Waals surface area contributed by atoms with Crippen LogP contribution in [0.3, 0.4) is 0 Å². The third kappa shape index (κ3) is 4.52. The van der Waals surface area contributed by atoms with Crippen molar-refractivity contribution in [2.45, 2.75) is 20.4 Å². The second-order valence-electron chi connectivity index (χ2n) is 9.87. The fourth-order valence-electron chi connectivity index (χ4n) is 5.26. The van der Waals surface area contributed by atoms with E-state index in [0.717, 1.165) is 27.9 Å². The Balaban J connectivity index is 1.49. The van der Waals surface area contributed by atoms with Gasteiger partial charge in [0.25, 0.3) is 5.56 Å². The van der Waals surface area contributed by atoms with Crippen molar-refractivity contribution in [3.63, 3.8) is 0 Å². The van der Waals surface area contributed by atoms with Crippen LogP contribution in [0.4, 0.5) is 5.82 Å². The van der Waals surface area contributed by atoms with Crippen molar-refractivity contribution in [2.24, 2.45) is 0 Å². The van der Waals surface area contributed by atoms with Crippen molar-refractivity contribution < 1.29 is 9.53 Å². The van der Waals surface area contributed by atoms with E-state index in [2.05, 4.69) is 9.97 Å². The Morgan fingerprint density at radius 1 is 1.02 bits per heavy atom. The van der Waals surface area contributed by atoms with Crippen molar-refractivity contribution in [3.8, 4) is 5.69 Å². The fraction of sp³-hybridized carbons (Fsp3) is 0.233. The van der Waals surface area contributed by atoms with Gasteiger partial charge in [0.05, 0.1) is 41.9 Å². The summed E-state index contributed by atoms with van der Waals surface area (Å²) < 4.78 is 8.80.